The molecule has 3 rings (SSSR count). The van der Waals surface area contributed by atoms with Crippen molar-refractivity contribution in [1.82, 2.24) is 4.90 Å². The Labute approximate surface area is 167 Å². The quantitative estimate of drug-likeness (QED) is 0.606. The van der Waals surface area contributed by atoms with Crippen LogP contribution in [0.3, 0.4) is 0 Å². The smallest absolute Gasteiger partial charge is 0.324 e. The van der Waals surface area contributed by atoms with E-state index in [4.69, 9.17) is 0 Å². The molecule has 0 heterocycles. The predicted octanol–water partition coefficient (Wildman–Crippen LogP) is 5.37. The number of nitrogens with one attached hydrogen (secondary N) is 1. The summed E-state index contributed by atoms with van der Waals surface area (Å²) in [6.45, 7) is -0.0688. The number of likely N-dealkylation sites (N-methyl/N-ethyl adjacent to an activating group) is 1. The van der Waals surface area contributed by atoms with Gasteiger partial charge in [-0.2, -0.15) is 13.2 Å². The molecule has 0 aliphatic rings. The number of carbonyl (C=O) groups is 1. The lowest BCUT2D eigenvalue weighted by molar-refractivity contribution is -0.137. The van der Waals surface area contributed by atoms with Gasteiger partial charge in [-0.05, 0) is 30.3 Å². The van der Waals surface area contributed by atoms with Crippen molar-refractivity contribution >= 4 is 11.6 Å². The largest absolute Gasteiger partial charge is 0.418 e. The first-order valence-corrected chi connectivity index (χ1v) is 9.12. The summed E-state index contributed by atoms with van der Waals surface area (Å²) in [7, 11) is 1.78. The highest BCUT2D eigenvalue weighted by molar-refractivity contribution is 5.93. The predicted molar refractivity (Wildman–Crippen MR) is 107 cm³/mol. The fourth-order valence-electron chi connectivity index (χ4n) is 3.32. The zero-order valence-corrected chi connectivity index (χ0v) is 15.9. The van der Waals surface area contributed by atoms with E-state index in [1.165, 1.54) is 18.2 Å². The summed E-state index contributed by atoms with van der Waals surface area (Å²) in [5, 5.41) is 2.41. The minimum Gasteiger partial charge on any atom is -0.324 e. The van der Waals surface area contributed by atoms with Gasteiger partial charge in [-0.25, -0.2) is 0 Å². The number of benzene rings is 3. The van der Waals surface area contributed by atoms with E-state index in [2.05, 4.69) is 5.32 Å². The van der Waals surface area contributed by atoms with Gasteiger partial charge in [0.15, 0.2) is 0 Å². The van der Waals surface area contributed by atoms with E-state index in [-0.39, 0.29) is 18.3 Å². The Morgan fingerprint density at radius 3 is 1.86 bits per heavy atom. The van der Waals surface area contributed by atoms with Crippen LogP contribution < -0.4 is 5.32 Å². The average Bonchev–Trinajstić information content (AvgIpc) is 2.69. The second-order valence-corrected chi connectivity index (χ2v) is 6.73. The van der Waals surface area contributed by atoms with Crippen LogP contribution in [0.1, 0.15) is 22.7 Å². The van der Waals surface area contributed by atoms with Crippen LogP contribution in [0, 0.1) is 0 Å². The van der Waals surface area contributed by atoms with Gasteiger partial charge in [-0.15, -0.1) is 0 Å². The van der Waals surface area contributed by atoms with Gasteiger partial charge in [0.25, 0.3) is 0 Å². The molecule has 6 heteroatoms. The maximum absolute atomic E-state index is 13.2. The minimum atomic E-state index is -4.54. The molecule has 0 saturated heterocycles. The third-order valence-corrected chi connectivity index (χ3v) is 4.57. The molecule has 3 aromatic carbocycles. The van der Waals surface area contributed by atoms with Crippen LogP contribution in [0.2, 0.25) is 0 Å². The van der Waals surface area contributed by atoms with Gasteiger partial charge in [0.2, 0.25) is 5.91 Å². The minimum absolute atomic E-state index is 0.0688. The molecule has 29 heavy (non-hydrogen) atoms. The fraction of sp³-hybridized carbons (Fsp3) is 0.174. The summed E-state index contributed by atoms with van der Waals surface area (Å²) in [6, 6.07) is 24.1. The molecule has 0 aliphatic carbocycles. The van der Waals surface area contributed by atoms with Crippen LogP contribution >= 0.6 is 0 Å². The molecule has 0 saturated carbocycles. The maximum Gasteiger partial charge on any atom is 0.418 e. The Balaban J connectivity index is 1.80. The van der Waals surface area contributed by atoms with E-state index in [1.807, 2.05) is 65.6 Å². The number of hydrogen-bond donors (Lipinski definition) is 1. The topological polar surface area (TPSA) is 32.3 Å². The Hall–Kier alpha value is -3.12. The molecule has 0 aliphatic heterocycles. The maximum atomic E-state index is 13.2. The van der Waals surface area contributed by atoms with Crippen LogP contribution in [0.4, 0.5) is 18.9 Å². The second-order valence-electron chi connectivity index (χ2n) is 6.73. The summed E-state index contributed by atoms with van der Waals surface area (Å²) in [6.07, 6.45) is -4.54. The zero-order valence-electron chi connectivity index (χ0n) is 15.9. The number of amides is 1. The summed E-state index contributed by atoms with van der Waals surface area (Å²) in [4.78, 5) is 14.4. The van der Waals surface area contributed by atoms with Crippen LogP contribution in [0.15, 0.2) is 84.9 Å². The monoisotopic (exact) mass is 398 g/mol. The molecule has 0 atom stereocenters. The molecular formula is C23H21F3N2O. The van der Waals surface area contributed by atoms with Crippen LogP contribution in [0.25, 0.3) is 0 Å². The van der Waals surface area contributed by atoms with Gasteiger partial charge in [0.1, 0.15) is 0 Å². The number of carbonyl (C=O) groups excluding carboxylic acids is 1. The van der Waals surface area contributed by atoms with Gasteiger partial charge >= 0.3 is 6.18 Å². The second kappa shape index (κ2) is 8.92. The number of anilines is 1. The van der Waals surface area contributed by atoms with Crippen molar-refractivity contribution in [2.24, 2.45) is 0 Å². The van der Waals surface area contributed by atoms with Crippen molar-refractivity contribution in [3.63, 3.8) is 0 Å². The van der Waals surface area contributed by atoms with Crippen molar-refractivity contribution in [2.45, 2.75) is 12.2 Å². The average molecular weight is 398 g/mol. The van der Waals surface area contributed by atoms with Gasteiger partial charge < -0.3 is 5.32 Å². The van der Waals surface area contributed by atoms with Crippen LogP contribution in [0.5, 0.6) is 0 Å². The molecule has 0 radical (unpaired) electrons. The highest BCUT2D eigenvalue weighted by Crippen LogP contribution is 2.34. The molecule has 0 aromatic heterocycles. The van der Waals surface area contributed by atoms with Crippen molar-refractivity contribution in [3.8, 4) is 0 Å². The van der Waals surface area contributed by atoms with Gasteiger partial charge in [-0.3, -0.25) is 9.69 Å². The van der Waals surface area contributed by atoms with Crippen molar-refractivity contribution in [3.05, 3.63) is 102 Å². The molecule has 1 N–H and O–H groups in total. The number of halogens is 3. The third kappa shape index (κ3) is 5.23. The summed E-state index contributed by atoms with van der Waals surface area (Å²) in [5.74, 6) is -0.513. The number of rotatable bonds is 6. The lowest BCUT2D eigenvalue weighted by Crippen LogP contribution is -2.34. The highest BCUT2D eigenvalue weighted by atomic mass is 19.4. The highest BCUT2D eigenvalue weighted by Gasteiger charge is 2.33. The molecule has 0 fully saturated rings. The number of alkyl halides is 3. The first-order chi connectivity index (χ1) is 13.9. The molecule has 0 bridgehead atoms. The normalized spacial score (nSPS) is 11.7. The number of para-hydroxylation sites is 1. The van der Waals surface area contributed by atoms with E-state index >= 15 is 0 Å². The fourth-order valence-corrected chi connectivity index (χ4v) is 3.32. The molecule has 0 spiro atoms. The van der Waals surface area contributed by atoms with Crippen molar-refractivity contribution in [1.29, 1.82) is 0 Å². The van der Waals surface area contributed by atoms with E-state index in [0.29, 0.717) is 0 Å². The van der Waals surface area contributed by atoms with E-state index < -0.39 is 17.6 Å². The number of nitrogens with zero attached hydrogens (tertiary/aromatic N) is 1. The SMILES string of the molecule is CN(CC(=O)Nc1ccccc1C(F)(F)F)C(c1ccccc1)c1ccccc1. The molecule has 150 valence electrons. The van der Waals surface area contributed by atoms with Crippen molar-refractivity contribution < 1.29 is 18.0 Å². The molecule has 3 nitrogen and oxygen atoms in total. The van der Waals surface area contributed by atoms with E-state index in [9.17, 15) is 18.0 Å². The first-order valence-electron chi connectivity index (χ1n) is 9.12. The summed E-state index contributed by atoms with van der Waals surface area (Å²) >= 11 is 0. The Kier molecular flexibility index (Phi) is 6.34. The van der Waals surface area contributed by atoms with E-state index in [0.717, 1.165) is 17.2 Å². The number of hydrogen-bond acceptors (Lipinski definition) is 2. The molecule has 1 amide bonds. The standard InChI is InChI=1S/C23H21F3N2O/c1-28(16-21(29)27-20-15-9-8-14-19(20)23(24,25)26)22(17-10-4-2-5-11-17)18-12-6-3-7-13-18/h2-15,22H,16H2,1H3,(H,27,29). The summed E-state index contributed by atoms with van der Waals surface area (Å²) in [5.41, 5.74) is 0.877. The Morgan fingerprint density at radius 2 is 1.34 bits per heavy atom. The van der Waals surface area contributed by atoms with Crippen molar-refractivity contribution in [2.75, 3.05) is 18.9 Å². The van der Waals surface area contributed by atoms with Gasteiger partial charge in [0, 0.05) is 0 Å². The van der Waals surface area contributed by atoms with Crippen LogP contribution in [-0.4, -0.2) is 24.4 Å². The lowest BCUT2D eigenvalue weighted by atomic mass is 9.97. The molecule has 3 aromatic rings. The first kappa shape index (κ1) is 20.6. The Morgan fingerprint density at radius 1 is 0.862 bits per heavy atom. The molecule has 0 unspecified atom stereocenters. The van der Waals surface area contributed by atoms with Gasteiger partial charge in [-0.1, -0.05) is 72.8 Å². The molecular weight excluding hydrogens is 377 g/mol. The summed E-state index contributed by atoms with van der Waals surface area (Å²) < 4.78 is 39.5. The lowest BCUT2D eigenvalue weighted by Gasteiger charge is -2.28. The van der Waals surface area contributed by atoms with E-state index in [1.54, 1.807) is 7.05 Å². The Bertz CT molecular complexity index is 904. The zero-order chi connectivity index (χ0) is 20.9. The van der Waals surface area contributed by atoms with Gasteiger partial charge in [0.05, 0.1) is 23.8 Å². The van der Waals surface area contributed by atoms with Crippen LogP contribution in [-0.2, 0) is 11.0 Å². The third-order valence-electron chi connectivity index (χ3n) is 4.57.